The molecule has 0 aliphatic carbocycles. The van der Waals surface area contributed by atoms with Crippen molar-refractivity contribution in [2.24, 2.45) is 0 Å². The molecule has 6 nitrogen and oxygen atoms in total. The Morgan fingerprint density at radius 3 is 1.30 bits per heavy atom. The van der Waals surface area contributed by atoms with E-state index in [1.807, 2.05) is 12.1 Å². The van der Waals surface area contributed by atoms with E-state index >= 15 is 0 Å². The summed E-state index contributed by atoms with van der Waals surface area (Å²) >= 11 is 0. The molecule has 4 aromatic rings. The van der Waals surface area contributed by atoms with Crippen LogP contribution in [0.5, 0.6) is 0 Å². The Morgan fingerprint density at radius 2 is 0.867 bits per heavy atom. The zero-order chi connectivity index (χ0) is 21.2. The lowest BCUT2D eigenvalue weighted by Crippen LogP contribution is -2.15. The highest BCUT2D eigenvalue weighted by atomic mass is 32.2. The molecule has 154 valence electrons. The SMILES string of the molecule is O=S(=O)(OCCOS(=O)(=O)c1cccc2ccccc12)c1cccc2ccccc12. The highest BCUT2D eigenvalue weighted by molar-refractivity contribution is 7.87. The average Bonchev–Trinajstić information content (AvgIpc) is 2.76. The van der Waals surface area contributed by atoms with Gasteiger partial charge in [0.25, 0.3) is 20.2 Å². The van der Waals surface area contributed by atoms with Crippen LogP contribution < -0.4 is 0 Å². The van der Waals surface area contributed by atoms with Crippen LogP contribution in [0.15, 0.2) is 94.7 Å². The molecule has 0 bridgehead atoms. The number of rotatable bonds is 7. The normalized spacial score (nSPS) is 12.4. The molecule has 0 saturated heterocycles. The van der Waals surface area contributed by atoms with E-state index in [1.165, 1.54) is 12.1 Å². The lowest BCUT2D eigenvalue weighted by Gasteiger charge is -2.10. The first-order valence-corrected chi connectivity index (χ1v) is 11.9. The van der Waals surface area contributed by atoms with Gasteiger partial charge in [-0.2, -0.15) is 16.8 Å². The second-order valence-corrected chi connectivity index (χ2v) is 9.67. The van der Waals surface area contributed by atoms with Crippen LogP contribution >= 0.6 is 0 Å². The molecule has 0 aliphatic heterocycles. The first-order chi connectivity index (χ1) is 14.4. The smallest absolute Gasteiger partial charge is 0.264 e. The lowest BCUT2D eigenvalue weighted by atomic mass is 10.1. The Bertz CT molecular complexity index is 1300. The fourth-order valence-electron chi connectivity index (χ4n) is 3.24. The topological polar surface area (TPSA) is 86.7 Å². The Morgan fingerprint density at radius 1 is 0.500 bits per heavy atom. The summed E-state index contributed by atoms with van der Waals surface area (Å²) in [4.78, 5) is 0.0509. The van der Waals surface area contributed by atoms with E-state index in [2.05, 4.69) is 0 Å². The van der Waals surface area contributed by atoms with E-state index in [0.29, 0.717) is 10.8 Å². The third kappa shape index (κ3) is 4.08. The fourth-order valence-corrected chi connectivity index (χ4v) is 5.47. The van der Waals surface area contributed by atoms with Gasteiger partial charge in [0, 0.05) is 10.8 Å². The van der Waals surface area contributed by atoms with E-state index in [1.54, 1.807) is 60.7 Å². The Labute approximate surface area is 174 Å². The minimum absolute atomic E-state index is 0.0255. The molecular formula is C22H18O6S2. The predicted molar refractivity (Wildman–Crippen MR) is 114 cm³/mol. The van der Waals surface area contributed by atoms with Crippen LogP contribution in [0.25, 0.3) is 21.5 Å². The van der Waals surface area contributed by atoms with Crippen molar-refractivity contribution in [1.82, 2.24) is 0 Å². The second-order valence-electron chi connectivity index (χ2n) is 6.51. The summed E-state index contributed by atoms with van der Waals surface area (Å²) in [5, 5.41) is 2.59. The molecule has 0 amide bonds. The van der Waals surface area contributed by atoms with Gasteiger partial charge >= 0.3 is 0 Å². The first kappa shape index (κ1) is 20.5. The fraction of sp³-hybridized carbons (Fsp3) is 0.0909. The number of hydrogen-bond donors (Lipinski definition) is 0. The Hall–Kier alpha value is -2.78. The molecule has 0 unspecified atom stereocenters. The highest BCUT2D eigenvalue weighted by Gasteiger charge is 2.21. The van der Waals surface area contributed by atoms with Gasteiger partial charge in [-0.25, -0.2) is 0 Å². The number of hydrogen-bond acceptors (Lipinski definition) is 6. The van der Waals surface area contributed by atoms with Crippen LogP contribution in [-0.4, -0.2) is 30.0 Å². The van der Waals surface area contributed by atoms with Crippen molar-refractivity contribution in [2.75, 3.05) is 13.2 Å². The van der Waals surface area contributed by atoms with E-state index in [-0.39, 0.29) is 9.79 Å². The summed E-state index contributed by atoms with van der Waals surface area (Å²) < 4.78 is 60.4. The van der Waals surface area contributed by atoms with Gasteiger partial charge < -0.3 is 0 Å². The molecule has 0 atom stereocenters. The van der Waals surface area contributed by atoms with Crippen molar-refractivity contribution in [3.63, 3.8) is 0 Å². The van der Waals surface area contributed by atoms with Crippen LogP contribution in [0.3, 0.4) is 0 Å². The number of fused-ring (bicyclic) bond motifs is 2. The van der Waals surface area contributed by atoms with Gasteiger partial charge in [0.15, 0.2) is 0 Å². The molecular weight excluding hydrogens is 424 g/mol. The second kappa shape index (κ2) is 8.16. The summed E-state index contributed by atoms with van der Waals surface area (Å²) in [7, 11) is -8.16. The predicted octanol–water partition coefficient (Wildman–Crippen LogP) is 4.10. The molecule has 30 heavy (non-hydrogen) atoms. The van der Waals surface area contributed by atoms with Crippen LogP contribution in [0.1, 0.15) is 0 Å². The largest absolute Gasteiger partial charge is 0.297 e. The lowest BCUT2D eigenvalue weighted by molar-refractivity contribution is 0.225. The molecule has 0 spiro atoms. The van der Waals surface area contributed by atoms with Crippen molar-refractivity contribution in [2.45, 2.75) is 9.79 Å². The maximum atomic E-state index is 12.6. The Kier molecular flexibility index (Phi) is 5.57. The molecule has 4 rings (SSSR count). The van der Waals surface area contributed by atoms with E-state index in [0.717, 1.165) is 10.8 Å². The zero-order valence-electron chi connectivity index (χ0n) is 15.8. The summed E-state index contributed by atoms with van der Waals surface area (Å²) in [6, 6.07) is 23.8. The van der Waals surface area contributed by atoms with E-state index in [9.17, 15) is 16.8 Å². The van der Waals surface area contributed by atoms with Gasteiger partial charge in [-0.1, -0.05) is 72.8 Å². The molecule has 0 aromatic heterocycles. The van der Waals surface area contributed by atoms with Gasteiger partial charge in [-0.3, -0.25) is 8.37 Å². The van der Waals surface area contributed by atoms with Crippen molar-refractivity contribution in [1.29, 1.82) is 0 Å². The molecule has 0 N–H and O–H groups in total. The van der Waals surface area contributed by atoms with Gasteiger partial charge in [-0.15, -0.1) is 0 Å². The maximum absolute atomic E-state index is 12.6. The van der Waals surface area contributed by atoms with Crippen molar-refractivity contribution >= 4 is 41.8 Å². The Balaban J connectivity index is 1.48. The molecule has 0 radical (unpaired) electrons. The highest BCUT2D eigenvalue weighted by Crippen LogP contribution is 2.26. The minimum atomic E-state index is -4.08. The van der Waals surface area contributed by atoms with Crippen LogP contribution in [0, 0.1) is 0 Å². The summed E-state index contributed by atoms with van der Waals surface area (Å²) in [5.74, 6) is 0. The zero-order valence-corrected chi connectivity index (χ0v) is 17.4. The monoisotopic (exact) mass is 442 g/mol. The van der Waals surface area contributed by atoms with Crippen molar-refractivity contribution < 1.29 is 25.2 Å². The van der Waals surface area contributed by atoms with Gasteiger partial charge in [0.2, 0.25) is 0 Å². The maximum Gasteiger partial charge on any atom is 0.297 e. The summed E-state index contributed by atoms with van der Waals surface area (Å²) in [5.41, 5.74) is 0. The van der Waals surface area contributed by atoms with Crippen molar-refractivity contribution in [3.8, 4) is 0 Å². The first-order valence-electron chi connectivity index (χ1n) is 9.13. The van der Waals surface area contributed by atoms with Crippen LogP contribution in [0.4, 0.5) is 0 Å². The summed E-state index contributed by atoms with van der Waals surface area (Å²) in [6.45, 7) is -0.870. The van der Waals surface area contributed by atoms with E-state index in [4.69, 9.17) is 8.37 Å². The molecule has 0 fully saturated rings. The molecule has 4 aromatic carbocycles. The van der Waals surface area contributed by atoms with Gasteiger partial charge in [0.1, 0.15) is 9.79 Å². The summed E-state index contributed by atoms with van der Waals surface area (Å²) in [6.07, 6.45) is 0. The average molecular weight is 443 g/mol. The molecule has 0 heterocycles. The third-order valence-electron chi connectivity index (χ3n) is 4.60. The van der Waals surface area contributed by atoms with Gasteiger partial charge in [0.05, 0.1) is 13.2 Å². The molecule has 8 heteroatoms. The minimum Gasteiger partial charge on any atom is -0.264 e. The van der Waals surface area contributed by atoms with Crippen LogP contribution in [0.2, 0.25) is 0 Å². The molecule has 0 saturated carbocycles. The van der Waals surface area contributed by atoms with Gasteiger partial charge in [-0.05, 0) is 22.9 Å². The molecule has 0 aliphatic rings. The van der Waals surface area contributed by atoms with Crippen molar-refractivity contribution in [3.05, 3.63) is 84.9 Å². The standard InChI is InChI=1S/C22H18O6S2/c23-29(24,21-13-5-9-17-7-1-3-11-19(17)21)27-15-16-28-30(25,26)22-14-6-10-18-8-2-4-12-20(18)22/h1-14H,15-16H2. The third-order valence-corrected chi connectivity index (χ3v) is 7.34. The van der Waals surface area contributed by atoms with E-state index < -0.39 is 33.5 Å². The number of benzene rings is 4. The van der Waals surface area contributed by atoms with Crippen LogP contribution in [-0.2, 0) is 28.6 Å². The quantitative estimate of drug-likeness (QED) is 0.316.